The van der Waals surface area contributed by atoms with Crippen LogP contribution < -0.4 is 10.1 Å². The van der Waals surface area contributed by atoms with E-state index in [2.05, 4.69) is 10.3 Å². The van der Waals surface area contributed by atoms with Gasteiger partial charge in [0.05, 0.1) is 21.4 Å². The fourth-order valence-electron chi connectivity index (χ4n) is 2.31. The van der Waals surface area contributed by atoms with Crippen molar-refractivity contribution in [2.75, 3.05) is 5.32 Å². The minimum absolute atomic E-state index is 0.138. The second kappa shape index (κ2) is 8.79. The summed E-state index contributed by atoms with van der Waals surface area (Å²) in [6.07, 6.45) is 3.02. The number of rotatable bonds is 6. The Balaban J connectivity index is 1.66. The van der Waals surface area contributed by atoms with Crippen molar-refractivity contribution in [3.63, 3.8) is 0 Å². The third kappa shape index (κ3) is 5.39. The SMILES string of the molecule is Cc1nc(COc2ccccc2C=CC(=O)Nc2ccc(F)cc2Cl)cs1. The molecule has 27 heavy (non-hydrogen) atoms. The summed E-state index contributed by atoms with van der Waals surface area (Å²) >= 11 is 7.48. The zero-order valence-corrected chi connectivity index (χ0v) is 16.0. The summed E-state index contributed by atoms with van der Waals surface area (Å²) in [5, 5.41) is 5.69. The molecule has 0 unspecified atom stereocenters. The van der Waals surface area contributed by atoms with Gasteiger partial charge in [0.25, 0.3) is 0 Å². The van der Waals surface area contributed by atoms with E-state index in [1.807, 2.05) is 36.6 Å². The maximum Gasteiger partial charge on any atom is 0.248 e. The molecular weight excluding hydrogens is 387 g/mol. The number of aryl methyl sites for hydroxylation is 1. The van der Waals surface area contributed by atoms with E-state index in [0.29, 0.717) is 18.0 Å². The molecule has 0 aliphatic carbocycles. The number of thiazole rings is 1. The molecule has 0 aliphatic heterocycles. The highest BCUT2D eigenvalue weighted by molar-refractivity contribution is 7.09. The lowest BCUT2D eigenvalue weighted by atomic mass is 10.2. The molecule has 0 saturated heterocycles. The van der Waals surface area contributed by atoms with E-state index in [0.717, 1.165) is 22.3 Å². The highest BCUT2D eigenvalue weighted by atomic mass is 35.5. The Morgan fingerprint density at radius 3 is 2.89 bits per heavy atom. The summed E-state index contributed by atoms with van der Waals surface area (Å²) in [5.41, 5.74) is 1.96. The summed E-state index contributed by atoms with van der Waals surface area (Å²) in [5.74, 6) is -0.199. The summed E-state index contributed by atoms with van der Waals surface area (Å²) in [7, 11) is 0. The normalized spacial score (nSPS) is 10.9. The van der Waals surface area contributed by atoms with Gasteiger partial charge in [0.15, 0.2) is 0 Å². The van der Waals surface area contributed by atoms with E-state index in [1.54, 1.807) is 17.4 Å². The Morgan fingerprint density at radius 2 is 2.15 bits per heavy atom. The topological polar surface area (TPSA) is 51.2 Å². The number of hydrogen-bond donors (Lipinski definition) is 1. The lowest BCUT2D eigenvalue weighted by Crippen LogP contribution is -2.08. The number of ether oxygens (including phenoxy) is 1. The third-order valence-corrected chi connectivity index (χ3v) is 4.70. The molecule has 0 fully saturated rings. The Morgan fingerprint density at radius 1 is 1.33 bits per heavy atom. The predicted octanol–water partition coefficient (Wildman–Crippen LogP) is 5.47. The number of para-hydroxylation sites is 1. The van der Waals surface area contributed by atoms with E-state index in [9.17, 15) is 9.18 Å². The van der Waals surface area contributed by atoms with Crippen molar-refractivity contribution in [2.24, 2.45) is 0 Å². The van der Waals surface area contributed by atoms with Gasteiger partial charge in [-0.15, -0.1) is 11.3 Å². The lowest BCUT2D eigenvalue weighted by molar-refractivity contribution is -0.111. The van der Waals surface area contributed by atoms with Crippen molar-refractivity contribution < 1.29 is 13.9 Å². The van der Waals surface area contributed by atoms with Crippen LogP contribution in [0.25, 0.3) is 6.08 Å². The number of carbonyl (C=O) groups is 1. The van der Waals surface area contributed by atoms with Crippen LogP contribution in [-0.4, -0.2) is 10.9 Å². The molecule has 0 bridgehead atoms. The first-order valence-corrected chi connectivity index (χ1v) is 9.34. The van der Waals surface area contributed by atoms with Crippen LogP contribution in [0.4, 0.5) is 10.1 Å². The summed E-state index contributed by atoms with van der Waals surface area (Å²) < 4.78 is 18.9. The molecule has 138 valence electrons. The first-order chi connectivity index (χ1) is 13.0. The number of hydrogen-bond acceptors (Lipinski definition) is 4. The van der Waals surface area contributed by atoms with Crippen molar-refractivity contribution in [3.05, 3.63) is 81.0 Å². The fraction of sp³-hybridized carbons (Fsp3) is 0.100. The Hall–Kier alpha value is -2.70. The number of anilines is 1. The fourth-order valence-corrected chi connectivity index (χ4v) is 3.12. The monoisotopic (exact) mass is 402 g/mol. The number of amides is 1. The molecule has 0 aliphatic rings. The van der Waals surface area contributed by atoms with Crippen molar-refractivity contribution >= 4 is 40.6 Å². The average molecular weight is 403 g/mol. The molecule has 3 rings (SSSR count). The quantitative estimate of drug-likeness (QED) is 0.556. The first-order valence-electron chi connectivity index (χ1n) is 8.08. The van der Waals surface area contributed by atoms with Gasteiger partial charge in [-0.1, -0.05) is 29.8 Å². The molecule has 1 heterocycles. The Bertz CT molecular complexity index is 988. The van der Waals surface area contributed by atoms with Gasteiger partial charge in [-0.25, -0.2) is 9.37 Å². The van der Waals surface area contributed by atoms with Gasteiger partial charge in [0.1, 0.15) is 18.2 Å². The standard InChI is InChI=1S/C20H16ClFN2O2S/c1-13-23-16(12-27-13)11-26-19-5-3-2-4-14(19)6-9-20(25)24-18-8-7-15(22)10-17(18)21/h2-10,12H,11H2,1H3,(H,24,25). The number of nitrogens with zero attached hydrogens (tertiary/aromatic N) is 1. The van der Waals surface area contributed by atoms with Crippen molar-refractivity contribution in [1.82, 2.24) is 4.98 Å². The highest BCUT2D eigenvalue weighted by Crippen LogP contribution is 2.23. The molecule has 2 aromatic carbocycles. The van der Waals surface area contributed by atoms with E-state index >= 15 is 0 Å². The lowest BCUT2D eigenvalue weighted by Gasteiger charge is -2.08. The minimum atomic E-state index is -0.463. The maximum atomic E-state index is 13.1. The van der Waals surface area contributed by atoms with Gasteiger partial charge in [-0.2, -0.15) is 0 Å². The van der Waals surface area contributed by atoms with Crippen molar-refractivity contribution in [3.8, 4) is 5.75 Å². The molecular formula is C20H16ClFN2O2S. The van der Waals surface area contributed by atoms with Gasteiger partial charge >= 0.3 is 0 Å². The molecule has 1 N–H and O–H groups in total. The largest absolute Gasteiger partial charge is 0.487 e. The zero-order chi connectivity index (χ0) is 19.2. The Kier molecular flexibility index (Phi) is 6.21. The van der Waals surface area contributed by atoms with Crippen LogP contribution in [0.2, 0.25) is 5.02 Å². The molecule has 0 saturated carbocycles. The highest BCUT2D eigenvalue weighted by Gasteiger charge is 2.06. The summed E-state index contributed by atoms with van der Waals surface area (Å²) in [4.78, 5) is 16.5. The van der Waals surface area contributed by atoms with E-state index in [4.69, 9.17) is 16.3 Å². The number of benzene rings is 2. The predicted molar refractivity (Wildman–Crippen MR) is 107 cm³/mol. The smallest absolute Gasteiger partial charge is 0.248 e. The van der Waals surface area contributed by atoms with Crippen LogP contribution in [0.15, 0.2) is 53.9 Å². The van der Waals surface area contributed by atoms with Gasteiger partial charge in [0, 0.05) is 17.0 Å². The van der Waals surface area contributed by atoms with Gasteiger partial charge in [0.2, 0.25) is 5.91 Å². The molecule has 1 aromatic heterocycles. The van der Waals surface area contributed by atoms with Crippen LogP contribution >= 0.6 is 22.9 Å². The van der Waals surface area contributed by atoms with Crippen molar-refractivity contribution in [2.45, 2.75) is 13.5 Å². The second-order valence-corrected chi connectivity index (χ2v) is 7.10. The first kappa shape index (κ1) is 19.1. The second-order valence-electron chi connectivity index (χ2n) is 5.63. The number of aromatic nitrogens is 1. The molecule has 0 spiro atoms. The Labute approximate surface area is 165 Å². The van der Waals surface area contributed by atoms with Gasteiger partial charge in [-0.05, 0) is 37.3 Å². The molecule has 4 nitrogen and oxygen atoms in total. The summed E-state index contributed by atoms with van der Waals surface area (Å²) in [6, 6.07) is 11.2. The molecule has 0 atom stereocenters. The zero-order valence-electron chi connectivity index (χ0n) is 14.4. The third-order valence-electron chi connectivity index (χ3n) is 3.56. The van der Waals surface area contributed by atoms with Gasteiger partial charge < -0.3 is 10.1 Å². The molecule has 0 radical (unpaired) electrons. The van der Waals surface area contributed by atoms with Crippen LogP contribution in [0.1, 0.15) is 16.3 Å². The van der Waals surface area contributed by atoms with Crippen molar-refractivity contribution in [1.29, 1.82) is 0 Å². The number of nitrogens with one attached hydrogen (secondary N) is 1. The minimum Gasteiger partial charge on any atom is -0.487 e. The van der Waals surface area contributed by atoms with E-state index in [-0.39, 0.29) is 10.9 Å². The summed E-state index contributed by atoms with van der Waals surface area (Å²) in [6.45, 7) is 2.30. The molecule has 3 aromatic rings. The number of halogens is 2. The number of carbonyl (C=O) groups excluding carboxylic acids is 1. The van der Waals surface area contributed by atoms with Crippen LogP contribution in [0, 0.1) is 12.7 Å². The molecule has 7 heteroatoms. The van der Waals surface area contributed by atoms with E-state index in [1.165, 1.54) is 18.2 Å². The van der Waals surface area contributed by atoms with Gasteiger partial charge in [-0.3, -0.25) is 4.79 Å². The van der Waals surface area contributed by atoms with Crippen LogP contribution in [0.3, 0.4) is 0 Å². The van der Waals surface area contributed by atoms with E-state index < -0.39 is 5.82 Å². The maximum absolute atomic E-state index is 13.1. The van der Waals surface area contributed by atoms with Crippen LogP contribution in [-0.2, 0) is 11.4 Å². The van der Waals surface area contributed by atoms with Crippen LogP contribution in [0.5, 0.6) is 5.75 Å². The average Bonchev–Trinajstić information content (AvgIpc) is 3.06. The molecule has 1 amide bonds.